The van der Waals surface area contributed by atoms with Gasteiger partial charge in [-0.3, -0.25) is 0 Å². The molecule has 0 N–H and O–H groups in total. The van der Waals surface area contributed by atoms with E-state index in [1.54, 1.807) is 0 Å². The predicted octanol–water partition coefficient (Wildman–Crippen LogP) is 16.0. The summed E-state index contributed by atoms with van der Waals surface area (Å²) in [7, 11) is 0. The van der Waals surface area contributed by atoms with Crippen molar-refractivity contribution >= 4 is 38.9 Å². The molecule has 10 aromatic rings. The minimum Gasteiger partial charge on any atom is -0.310 e. The van der Waals surface area contributed by atoms with Gasteiger partial charge in [0, 0.05) is 33.5 Å². The maximum absolute atomic E-state index is 2.49. The fraction of sp³-hybridized carbons (Fsp3) is 0.0492. The Kier molecular flexibility index (Phi) is 8.90. The van der Waals surface area contributed by atoms with E-state index < -0.39 is 0 Å². The molecule has 1 aromatic heterocycles. The quantitative estimate of drug-likeness (QED) is 0.149. The van der Waals surface area contributed by atoms with Crippen molar-refractivity contribution in [1.29, 1.82) is 0 Å². The Bertz CT molecular complexity index is 3340. The smallest absolute Gasteiger partial charge is 0.0541 e. The van der Waals surface area contributed by atoms with Gasteiger partial charge in [0.1, 0.15) is 0 Å². The lowest BCUT2D eigenvalue weighted by Crippen LogP contribution is -2.35. The molecule has 63 heavy (non-hydrogen) atoms. The van der Waals surface area contributed by atoms with E-state index in [0.29, 0.717) is 0 Å². The molecule has 0 amide bonds. The Hall–Kier alpha value is -7.94. The summed E-state index contributed by atoms with van der Waals surface area (Å²) < 4.78 is 2.38. The topological polar surface area (TPSA) is 8.17 Å². The Morgan fingerprint density at radius 2 is 0.984 bits per heavy atom. The molecule has 0 radical (unpaired) electrons. The number of benzene rings is 9. The molecule has 1 heterocycles. The number of allylic oxidation sites excluding steroid dienone is 4. The largest absolute Gasteiger partial charge is 0.310 e. The molecule has 2 heteroatoms. The van der Waals surface area contributed by atoms with Crippen molar-refractivity contribution in [3.63, 3.8) is 0 Å². The average molecular weight is 805 g/mol. The molecule has 0 spiro atoms. The minimum atomic E-state index is -0.362. The van der Waals surface area contributed by atoms with Crippen LogP contribution < -0.4 is 4.90 Å². The lowest BCUT2D eigenvalue weighted by molar-refractivity contribution is 0.457. The van der Waals surface area contributed by atoms with Crippen LogP contribution in [0.1, 0.15) is 23.1 Å². The van der Waals surface area contributed by atoms with Crippen LogP contribution in [0.3, 0.4) is 0 Å². The third kappa shape index (κ3) is 6.02. The molecular formula is C61H44N2. The normalized spacial score (nSPS) is 16.3. The summed E-state index contributed by atoms with van der Waals surface area (Å²) in [4.78, 5) is 2.44. The number of nitrogens with zero attached hydrogens (tertiary/aromatic N) is 2. The summed E-state index contributed by atoms with van der Waals surface area (Å²) in [6, 6.07) is 82.7. The van der Waals surface area contributed by atoms with E-state index in [2.05, 4.69) is 258 Å². The lowest BCUT2D eigenvalue weighted by Gasteiger charge is -2.40. The van der Waals surface area contributed by atoms with E-state index in [4.69, 9.17) is 0 Å². The van der Waals surface area contributed by atoms with Crippen molar-refractivity contribution in [3.05, 3.63) is 265 Å². The summed E-state index contributed by atoms with van der Waals surface area (Å²) in [5.41, 5.74) is 18.0. The number of anilines is 3. The van der Waals surface area contributed by atoms with E-state index in [9.17, 15) is 0 Å². The van der Waals surface area contributed by atoms with E-state index in [-0.39, 0.29) is 11.3 Å². The number of hydrogen-bond acceptors (Lipinski definition) is 1. The highest BCUT2D eigenvalue weighted by Gasteiger charge is 2.49. The summed E-state index contributed by atoms with van der Waals surface area (Å²) in [6.07, 6.45) is 10.2. The molecule has 0 bridgehead atoms. The molecule has 298 valence electrons. The SMILES string of the molecule is C1=CCC(C2(c3ccccc3)c3ccccc3-c3ccc(N(c4ccc(-c5ccccc5)cc4)c4ccc(-c5ccc6c(c5)c5ccccc5n6-c5ccccc5)cc4)cc32)C=C1. The zero-order chi connectivity index (χ0) is 41.7. The molecule has 9 aromatic carbocycles. The molecule has 2 atom stereocenters. The molecule has 2 nitrogen and oxygen atoms in total. The summed E-state index contributed by atoms with van der Waals surface area (Å²) in [5.74, 6) is 0.250. The molecule has 0 aliphatic heterocycles. The van der Waals surface area contributed by atoms with Crippen LogP contribution in [-0.2, 0) is 5.41 Å². The summed E-state index contributed by atoms with van der Waals surface area (Å²) in [6.45, 7) is 0. The van der Waals surface area contributed by atoms with Crippen LogP contribution >= 0.6 is 0 Å². The molecule has 0 saturated carbocycles. The highest BCUT2D eigenvalue weighted by molar-refractivity contribution is 6.10. The molecule has 12 rings (SSSR count). The van der Waals surface area contributed by atoms with Crippen LogP contribution in [0.25, 0.3) is 60.9 Å². The number of rotatable bonds is 8. The van der Waals surface area contributed by atoms with E-state index >= 15 is 0 Å². The first-order chi connectivity index (χ1) is 31.3. The molecule has 2 aliphatic carbocycles. The van der Waals surface area contributed by atoms with Gasteiger partial charge < -0.3 is 9.47 Å². The molecule has 2 aliphatic rings. The Labute approximate surface area is 369 Å². The van der Waals surface area contributed by atoms with Gasteiger partial charge in [-0.25, -0.2) is 0 Å². The second-order valence-electron chi connectivity index (χ2n) is 16.8. The van der Waals surface area contributed by atoms with Gasteiger partial charge in [-0.15, -0.1) is 0 Å². The Morgan fingerprint density at radius 1 is 0.413 bits per heavy atom. The van der Waals surface area contributed by atoms with Crippen molar-refractivity contribution < 1.29 is 0 Å². The first kappa shape index (κ1) is 36.9. The van der Waals surface area contributed by atoms with Gasteiger partial charge in [-0.1, -0.05) is 182 Å². The highest BCUT2D eigenvalue weighted by atomic mass is 15.1. The zero-order valence-corrected chi connectivity index (χ0v) is 34.9. The van der Waals surface area contributed by atoms with Crippen LogP contribution in [0.4, 0.5) is 17.1 Å². The van der Waals surface area contributed by atoms with Crippen LogP contribution in [0.5, 0.6) is 0 Å². The first-order valence-electron chi connectivity index (χ1n) is 22.0. The molecule has 0 fully saturated rings. The number of fused-ring (bicyclic) bond motifs is 6. The second-order valence-corrected chi connectivity index (χ2v) is 16.8. The van der Waals surface area contributed by atoms with Crippen molar-refractivity contribution in [1.82, 2.24) is 4.57 Å². The van der Waals surface area contributed by atoms with Crippen molar-refractivity contribution in [2.24, 2.45) is 5.92 Å². The molecule has 0 saturated heterocycles. The third-order valence-corrected chi connectivity index (χ3v) is 13.5. The van der Waals surface area contributed by atoms with E-state index in [1.807, 2.05) is 0 Å². The maximum Gasteiger partial charge on any atom is 0.0541 e. The van der Waals surface area contributed by atoms with Gasteiger partial charge in [0.05, 0.1) is 16.4 Å². The highest BCUT2D eigenvalue weighted by Crippen LogP contribution is 2.59. The monoisotopic (exact) mass is 804 g/mol. The van der Waals surface area contributed by atoms with Crippen LogP contribution in [0.15, 0.2) is 249 Å². The first-order valence-corrected chi connectivity index (χ1v) is 22.0. The van der Waals surface area contributed by atoms with Gasteiger partial charge in [0.2, 0.25) is 0 Å². The van der Waals surface area contributed by atoms with E-state index in [0.717, 1.165) is 23.5 Å². The Balaban J connectivity index is 1.01. The van der Waals surface area contributed by atoms with Crippen molar-refractivity contribution in [2.75, 3.05) is 4.90 Å². The minimum absolute atomic E-state index is 0.250. The zero-order valence-electron chi connectivity index (χ0n) is 34.9. The third-order valence-electron chi connectivity index (χ3n) is 13.5. The maximum atomic E-state index is 2.49. The van der Waals surface area contributed by atoms with Crippen LogP contribution in [-0.4, -0.2) is 4.57 Å². The molecule has 2 unspecified atom stereocenters. The number of aromatic nitrogens is 1. The fourth-order valence-corrected chi connectivity index (χ4v) is 10.7. The van der Waals surface area contributed by atoms with Crippen molar-refractivity contribution in [3.8, 4) is 39.1 Å². The van der Waals surface area contributed by atoms with Crippen LogP contribution in [0, 0.1) is 5.92 Å². The average Bonchev–Trinajstić information content (AvgIpc) is 3.86. The summed E-state index contributed by atoms with van der Waals surface area (Å²) in [5, 5.41) is 2.51. The molecular weight excluding hydrogens is 761 g/mol. The van der Waals surface area contributed by atoms with Gasteiger partial charge in [0.25, 0.3) is 0 Å². The van der Waals surface area contributed by atoms with Gasteiger partial charge in [-0.2, -0.15) is 0 Å². The summed E-state index contributed by atoms with van der Waals surface area (Å²) >= 11 is 0. The lowest BCUT2D eigenvalue weighted by atomic mass is 9.62. The number of para-hydroxylation sites is 2. The van der Waals surface area contributed by atoms with Gasteiger partial charge in [-0.05, 0) is 129 Å². The van der Waals surface area contributed by atoms with E-state index in [1.165, 1.54) is 77.6 Å². The fourth-order valence-electron chi connectivity index (χ4n) is 10.7. The second kappa shape index (κ2) is 15.2. The standard InChI is InChI=1S/C61H44N2/c1-5-17-43(18-6-1)44-29-34-50(35-30-44)62(51-36-31-45(32-37-51)46-33-40-60-56(41-46)55-26-14-16-28-59(55)63(60)49-23-11-4-12-24-49)52-38-39-54-53-25-13-15-27-57(53)61(58(54)42-52,47-19-7-2-8-20-47)48-21-9-3-10-22-48/h1-21,23-42,48H,22H2. The predicted molar refractivity (Wildman–Crippen MR) is 264 cm³/mol. The van der Waals surface area contributed by atoms with Crippen LogP contribution in [0.2, 0.25) is 0 Å². The Morgan fingerprint density at radius 3 is 1.71 bits per heavy atom. The number of hydrogen-bond donors (Lipinski definition) is 0. The van der Waals surface area contributed by atoms with Gasteiger partial charge >= 0.3 is 0 Å². The van der Waals surface area contributed by atoms with Crippen molar-refractivity contribution in [2.45, 2.75) is 11.8 Å². The van der Waals surface area contributed by atoms with Gasteiger partial charge in [0.15, 0.2) is 0 Å².